The standard InChI is InChI=1S/C15H17FN2O3/c1-10(8-19)18(2)14(20)7-13-9-21-15(17-13)11-3-5-12(16)6-4-11/h3-6,9-10,19H,7-8H2,1-2H3. The highest BCUT2D eigenvalue weighted by Gasteiger charge is 2.17. The van der Waals surface area contributed by atoms with Gasteiger partial charge < -0.3 is 14.4 Å². The number of likely N-dealkylation sites (N-methyl/N-ethyl adjacent to an activating group) is 1. The van der Waals surface area contributed by atoms with Gasteiger partial charge in [-0.15, -0.1) is 0 Å². The number of halogens is 1. The second kappa shape index (κ2) is 6.49. The van der Waals surface area contributed by atoms with Gasteiger partial charge in [0.25, 0.3) is 0 Å². The summed E-state index contributed by atoms with van der Waals surface area (Å²) in [5, 5.41) is 9.04. The van der Waals surface area contributed by atoms with E-state index >= 15 is 0 Å². The number of aromatic nitrogens is 1. The number of nitrogens with zero attached hydrogens (tertiary/aromatic N) is 2. The van der Waals surface area contributed by atoms with Crippen LogP contribution >= 0.6 is 0 Å². The first-order valence-electron chi connectivity index (χ1n) is 6.58. The molecule has 1 N–H and O–H groups in total. The predicted octanol–water partition coefficient (Wildman–Crippen LogP) is 1.86. The summed E-state index contributed by atoms with van der Waals surface area (Å²) in [6.45, 7) is 1.66. The third-order valence-corrected chi connectivity index (χ3v) is 3.29. The molecule has 2 rings (SSSR count). The number of aliphatic hydroxyl groups is 1. The highest BCUT2D eigenvalue weighted by atomic mass is 19.1. The van der Waals surface area contributed by atoms with Crippen molar-refractivity contribution < 1.29 is 18.7 Å². The maximum Gasteiger partial charge on any atom is 0.228 e. The number of oxazole rings is 1. The Morgan fingerprint density at radius 2 is 2.10 bits per heavy atom. The van der Waals surface area contributed by atoms with Crippen LogP contribution in [0.3, 0.4) is 0 Å². The van der Waals surface area contributed by atoms with Gasteiger partial charge in [-0.3, -0.25) is 4.79 Å². The van der Waals surface area contributed by atoms with Crippen molar-refractivity contribution in [1.29, 1.82) is 0 Å². The first kappa shape index (κ1) is 15.2. The fraction of sp³-hybridized carbons (Fsp3) is 0.333. The smallest absolute Gasteiger partial charge is 0.228 e. The lowest BCUT2D eigenvalue weighted by Crippen LogP contribution is -2.38. The van der Waals surface area contributed by atoms with Crippen LogP contribution in [0.1, 0.15) is 12.6 Å². The Morgan fingerprint density at radius 1 is 1.43 bits per heavy atom. The van der Waals surface area contributed by atoms with E-state index in [1.165, 1.54) is 23.3 Å². The van der Waals surface area contributed by atoms with Crippen molar-refractivity contribution in [1.82, 2.24) is 9.88 Å². The maximum atomic E-state index is 12.9. The minimum atomic E-state index is -0.333. The molecular weight excluding hydrogens is 275 g/mol. The summed E-state index contributed by atoms with van der Waals surface area (Å²) in [7, 11) is 1.63. The Labute approximate surface area is 122 Å². The number of aliphatic hydroxyl groups excluding tert-OH is 1. The zero-order chi connectivity index (χ0) is 15.4. The molecule has 0 aliphatic carbocycles. The van der Waals surface area contributed by atoms with Crippen LogP contribution in [0, 0.1) is 5.82 Å². The molecule has 5 nitrogen and oxygen atoms in total. The number of carbonyl (C=O) groups excluding carboxylic acids is 1. The van der Waals surface area contributed by atoms with Crippen molar-refractivity contribution in [2.75, 3.05) is 13.7 Å². The van der Waals surface area contributed by atoms with Crippen molar-refractivity contribution in [2.24, 2.45) is 0 Å². The molecule has 6 heteroatoms. The summed E-state index contributed by atoms with van der Waals surface area (Å²) in [6, 6.07) is 5.52. The van der Waals surface area contributed by atoms with Crippen molar-refractivity contribution in [2.45, 2.75) is 19.4 Å². The van der Waals surface area contributed by atoms with Gasteiger partial charge in [-0.1, -0.05) is 0 Å². The Balaban J connectivity index is 2.06. The van der Waals surface area contributed by atoms with Gasteiger partial charge in [0.15, 0.2) is 0 Å². The number of rotatable bonds is 5. The molecule has 112 valence electrons. The zero-order valence-electron chi connectivity index (χ0n) is 11.9. The Hall–Kier alpha value is -2.21. The number of hydrogen-bond donors (Lipinski definition) is 1. The average Bonchev–Trinajstić information content (AvgIpc) is 2.94. The Morgan fingerprint density at radius 3 is 2.71 bits per heavy atom. The Bertz CT molecular complexity index is 610. The van der Waals surface area contributed by atoms with E-state index < -0.39 is 0 Å². The van der Waals surface area contributed by atoms with Crippen LogP contribution in [0.5, 0.6) is 0 Å². The van der Waals surface area contributed by atoms with Gasteiger partial charge in [0, 0.05) is 12.6 Å². The highest BCUT2D eigenvalue weighted by molar-refractivity contribution is 5.78. The minimum Gasteiger partial charge on any atom is -0.444 e. The number of amides is 1. The van der Waals surface area contributed by atoms with E-state index in [-0.39, 0.29) is 30.8 Å². The second-order valence-corrected chi connectivity index (χ2v) is 4.86. The molecule has 1 heterocycles. The van der Waals surface area contributed by atoms with Gasteiger partial charge in [0.2, 0.25) is 11.8 Å². The summed E-state index contributed by atoms with van der Waals surface area (Å²) < 4.78 is 18.2. The summed E-state index contributed by atoms with van der Waals surface area (Å²) in [6.07, 6.45) is 1.50. The van der Waals surface area contributed by atoms with Gasteiger partial charge in [-0.2, -0.15) is 0 Å². The number of benzene rings is 1. The molecule has 0 aliphatic heterocycles. The van der Waals surface area contributed by atoms with Crippen molar-refractivity contribution in [3.63, 3.8) is 0 Å². The zero-order valence-corrected chi connectivity index (χ0v) is 11.9. The van der Waals surface area contributed by atoms with Gasteiger partial charge in [-0.05, 0) is 31.2 Å². The summed E-state index contributed by atoms with van der Waals surface area (Å²) in [5.41, 5.74) is 1.14. The van der Waals surface area contributed by atoms with Gasteiger partial charge >= 0.3 is 0 Å². The van der Waals surface area contributed by atoms with Crippen molar-refractivity contribution in [3.05, 3.63) is 42.0 Å². The van der Waals surface area contributed by atoms with Gasteiger partial charge in [-0.25, -0.2) is 9.37 Å². The molecule has 21 heavy (non-hydrogen) atoms. The molecule has 1 atom stereocenters. The second-order valence-electron chi connectivity index (χ2n) is 4.86. The number of hydrogen-bond acceptors (Lipinski definition) is 4. The van der Waals surface area contributed by atoms with E-state index in [4.69, 9.17) is 9.52 Å². The molecule has 0 spiro atoms. The normalized spacial score (nSPS) is 12.2. The molecule has 2 aromatic rings. The largest absolute Gasteiger partial charge is 0.444 e. The van der Waals surface area contributed by atoms with Gasteiger partial charge in [0.1, 0.15) is 12.1 Å². The van der Waals surface area contributed by atoms with Crippen LogP contribution in [0.25, 0.3) is 11.5 Å². The SMILES string of the molecule is CC(CO)N(C)C(=O)Cc1coc(-c2ccc(F)cc2)n1. The third kappa shape index (κ3) is 3.66. The third-order valence-electron chi connectivity index (χ3n) is 3.29. The molecule has 1 amide bonds. The van der Waals surface area contributed by atoms with E-state index in [0.717, 1.165) is 0 Å². The van der Waals surface area contributed by atoms with E-state index in [1.807, 2.05) is 0 Å². The first-order chi connectivity index (χ1) is 10.0. The topological polar surface area (TPSA) is 66.6 Å². The van der Waals surface area contributed by atoms with Crippen LogP contribution in [-0.4, -0.2) is 40.6 Å². The lowest BCUT2D eigenvalue weighted by molar-refractivity contribution is -0.131. The summed E-state index contributed by atoms with van der Waals surface area (Å²) in [5.74, 6) is -0.147. The summed E-state index contributed by atoms with van der Waals surface area (Å²) >= 11 is 0. The van der Waals surface area contributed by atoms with E-state index in [9.17, 15) is 9.18 Å². The van der Waals surface area contributed by atoms with E-state index in [0.29, 0.717) is 17.1 Å². The van der Waals surface area contributed by atoms with Crippen LogP contribution in [-0.2, 0) is 11.2 Å². The highest BCUT2D eigenvalue weighted by Crippen LogP contribution is 2.19. The molecule has 0 bridgehead atoms. The molecule has 0 aliphatic rings. The van der Waals surface area contributed by atoms with E-state index in [1.54, 1.807) is 26.1 Å². The lowest BCUT2D eigenvalue weighted by Gasteiger charge is -2.22. The maximum absolute atomic E-state index is 12.9. The molecule has 1 unspecified atom stereocenters. The molecule has 0 fully saturated rings. The van der Waals surface area contributed by atoms with Crippen LogP contribution in [0.15, 0.2) is 34.9 Å². The predicted molar refractivity (Wildman–Crippen MR) is 74.9 cm³/mol. The monoisotopic (exact) mass is 292 g/mol. The van der Waals surface area contributed by atoms with Crippen LogP contribution < -0.4 is 0 Å². The fourth-order valence-corrected chi connectivity index (χ4v) is 1.76. The molecular formula is C15H17FN2O3. The molecule has 0 saturated carbocycles. The first-order valence-corrected chi connectivity index (χ1v) is 6.58. The molecule has 0 saturated heterocycles. The molecule has 1 aromatic heterocycles. The van der Waals surface area contributed by atoms with Crippen molar-refractivity contribution in [3.8, 4) is 11.5 Å². The van der Waals surface area contributed by atoms with Gasteiger partial charge in [0.05, 0.1) is 24.8 Å². The van der Waals surface area contributed by atoms with Crippen molar-refractivity contribution >= 4 is 5.91 Å². The lowest BCUT2D eigenvalue weighted by atomic mass is 10.2. The number of carbonyl (C=O) groups is 1. The minimum absolute atomic E-state index is 0.0888. The van der Waals surface area contributed by atoms with Crippen LogP contribution in [0.4, 0.5) is 4.39 Å². The molecule has 1 aromatic carbocycles. The van der Waals surface area contributed by atoms with Crippen LogP contribution in [0.2, 0.25) is 0 Å². The molecule has 0 radical (unpaired) electrons. The average molecular weight is 292 g/mol. The Kier molecular flexibility index (Phi) is 4.70. The quantitative estimate of drug-likeness (QED) is 0.913. The fourth-order valence-electron chi connectivity index (χ4n) is 1.76. The van der Waals surface area contributed by atoms with E-state index in [2.05, 4.69) is 4.98 Å². The summed E-state index contributed by atoms with van der Waals surface area (Å²) in [4.78, 5) is 17.7.